The highest BCUT2D eigenvalue weighted by atomic mass is 35.5. The van der Waals surface area contributed by atoms with Gasteiger partial charge in [-0.2, -0.15) is 0 Å². The second-order valence-electron chi connectivity index (χ2n) is 5.79. The van der Waals surface area contributed by atoms with Crippen LogP contribution in [0.2, 0.25) is 10.0 Å². The SMILES string of the molecule is COc1ccc(OCc2cccc(COc3ccc(OC)cc3Cl)n2)c(Cl)c1. The molecular weight excluding hydrogens is 401 g/mol. The summed E-state index contributed by atoms with van der Waals surface area (Å²) in [7, 11) is 3.17. The van der Waals surface area contributed by atoms with Crippen molar-refractivity contribution in [1.29, 1.82) is 0 Å². The van der Waals surface area contributed by atoms with Crippen LogP contribution in [0.5, 0.6) is 23.0 Å². The van der Waals surface area contributed by atoms with Gasteiger partial charge in [-0.1, -0.05) is 29.3 Å². The van der Waals surface area contributed by atoms with Crippen LogP contribution in [-0.2, 0) is 13.2 Å². The molecule has 0 bridgehead atoms. The summed E-state index contributed by atoms with van der Waals surface area (Å²) in [6, 6.07) is 16.2. The largest absolute Gasteiger partial charge is 0.497 e. The Hall–Kier alpha value is -2.63. The molecule has 7 heteroatoms. The maximum atomic E-state index is 6.19. The Morgan fingerprint density at radius 1 is 0.714 bits per heavy atom. The van der Waals surface area contributed by atoms with Crippen molar-refractivity contribution in [3.63, 3.8) is 0 Å². The third-order valence-electron chi connectivity index (χ3n) is 3.89. The molecule has 146 valence electrons. The maximum Gasteiger partial charge on any atom is 0.138 e. The van der Waals surface area contributed by atoms with Gasteiger partial charge in [0.2, 0.25) is 0 Å². The fraction of sp³-hybridized carbons (Fsp3) is 0.190. The number of hydrogen-bond acceptors (Lipinski definition) is 5. The first-order chi connectivity index (χ1) is 13.6. The van der Waals surface area contributed by atoms with Gasteiger partial charge in [0.1, 0.15) is 36.2 Å². The predicted octanol–water partition coefficient (Wildman–Crippen LogP) is 5.56. The van der Waals surface area contributed by atoms with Crippen LogP contribution in [0.4, 0.5) is 0 Å². The number of aromatic nitrogens is 1. The van der Waals surface area contributed by atoms with E-state index in [2.05, 4.69) is 4.98 Å². The molecule has 0 amide bonds. The van der Waals surface area contributed by atoms with Gasteiger partial charge >= 0.3 is 0 Å². The smallest absolute Gasteiger partial charge is 0.138 e. The molecular formula is C21H19Cl2NO4. The third-order valence-corrected chi connectivity index (χ3v) is 4.48. The predicted molar refractivity (Wildman–Crippen MR) is 109 cm³/mol. The van der Waals surface area contributed by atoms with Gasteiger partial charge in [0.05, 0.1) is 35.7 Å². The molecule has 0 fully saturated rings. The summed E-state index contributed by atoms with van der Waals surface area (Å²) in [5, 5.41) is 0.959. The molecule has 0 aliphatic heterocycles. The van der Waals surface area contributed by atoms with E-state index < -0.39 is 0 Å². The van der Waals surface area contributed by atoms with E-state index in [4.69, 9.17) is 42.1 Å². The summed E-state index contributed by atoms with van der Waals surface area (Å²) in [6.45, 7) is 0.562. The van der Waals surface area contributed by atoms with Gasteiger partial charge in [-0.3, -0.25) is 4.98 Å². The van der Waals surface area contributed by atoms with Crippen LogP contribution in [0, 0.1) is 0 Å². The summed E-state index contributed by atoms with van der Waals surface area (Å²) in [5.74, 6) is 2.48. The first-order valence-corrected chi connectivity index (χ1v) is 9.22. The highest BCUT2D eigenvalue weighted by Gasteiger charge is 2.07. The number of benzene rings is 2. The molecule has 1 aromatic heterocycles. The number of hydrogen-bond donors (Lipinski definition) is 0. The van der Waals surface area contributed by atoms with Gasteiger partial charge in [0.15, 0.2) is 0 Å². The van der Waals surface area contributed by atoms with Gasteiger partial charge in [0.25, 0.3) is 0 Å². The normalized spacial score (nSPS) is 10.4. The van der Waals surface area contributed by atoms with Crippen molar-refractivity contribution in [3.05, 3.63) is 76.0 Å². The zero-order chi connectivity index (χ0) is 19.9. The van der Waals surface area contributed by atoms with Crippen LogP contribution < -0.4 is 18.9 Å². The molecule has 5 nitrogen and oxygen atoms in total. The Balaban J connectivity index is 1.61. The lowest BCUT2D eigenvalue weighted by Gasteiger charge is -2.11. The molecule has 2 aromatic carbocycles. The lowest BCUT2D eigenvalue weighted by Crippen LogP contribution is -2.04. The van der Waals surface area contributed by atoms with E-state index in [1.165, 1.54) is 0 Å². The molecule has 0 saturated carbocycles. The first-order valence-electron chi connectivity index (χ1n) is 8.46. The lowest BCUT2D eigenvalue weighted by atomic mass is 10.3. The Morgan fingerprint density at radius 3 is 1.57 bits per heavy atom. The summed E-state index contributed by atoms with van der Waals surface area (Å²) < 4.78 is 21.8. The van der Waals surface area contributed by atoms with Gasteiger partial charge in [-0.25, -0.2) is 0 Å². The molecule has 0 saturated heterocycles. The topological polar surface area (TPSA) is 49.8 Å². The van der Waals surface area contributed by atoms with E-state index in [-0.39, 0.29) is 13.2 Å². The summed E-state index contributed by atoms with van der Waals surface area (Å²) in [6.07, 6.45) is 0. The van der Waals surface area contributed by atoms with E-state index in [0.717, 1.165) is 11.4 Å². The highest BCUT2D eigenvalue weighted by Crippen LogP contribution is 2.30. The Morgan fingerprint density at radius 2 is 1.18 bits per heavy atom. The van der Waals surface area contributed by atoms with E-state index in [1.54, 1.807) is 50.6 Å². The number of nitrogens with zero attached hydrogens (tertiary/aromatic N) is 1. The number of methoxy groups -OCH3 is 2. The molecule has 0 radical (unpaired) electrons. The van der Waals surface area contributed by atoms with Crippen molar-refractivity contribution in [2.45, 2.75) is 13.2 Å². The maximum absolute atomic E-state index is 6.19. The van der Waals surface area contributed by atoms with Crippen LogP contribution in [0.15, 0.2) is 54.6 Å². The Labute approximate surface area is 173 Å². The van der Waals surface area contributed by atoms with Crippen LogP contribution in [0.1, 0.15) is 11.4 Å². The minimum Gasteiger partial charge on any atom is -0.497 e. The van der Waals surface area contributed by atoms with Crippen molar-refractivity contribution >= 4 is 23.2 Å². The molecule has 0 aliphatic carbocycles. The van der Waals surface area contributed by atoms with Gasteiger partial charge in [-0.05, 0) is 36.4 Å². The van der Waals surface area contributed by atoms with Crippen molar-refractivity contribution in [2.24, 2.45) is 0 Å². The van der Waals surface area contributed by atoms with Crippen molar-refractivity contribution in [3.8, 4) is 23.0 Å². The van der Waals surface area contributed by atoms with Crippen LogP contribution in [0.3, 0.4) is 0 Å². The fourth-order valence-corrected chi connectivity index (χ4v) is 2.89. The zero-order valence-corrected chi connectivity index (χ0v) is 17.0. The van der Waals surface area contributed by atoms with Gasteiger partial charge in [-0.15, -0.1) is 0 Å². The second kappa shape index (κ2) is 9.53. The minimum atomic E-state index is 0.281. The van der Waals surface area contributed by atoms with Crippen LogP contribution >= 0.6 is 23.2 Å². The van der Waals surface area contributed by atoms with Crippen LogP contribution in [0.25, 0.3) is 0 Å². The lowest BCUT2D eigenvalue weighted by molar-refractivity contribution is 0.290. The number of rotatable bonds is 8. The average molecular weight is 420 g/mol. The molecule has 0 unspecified atom stereocenters. The van der Waals surface area contributed by atoms with Crippen molar-refractivity contribution in [1.82, 2.24) is 4.98 Å². The Kier molecular flexibility index (Phi) is 6.85. The van der Waals surface area contributed by atoms with Gasteiger partial charge in [0, 0.05) is 12.1 Å². The van der Waals surface area contributed by atoms with Gasteiger partial charge < -0.3 is 18.9 Å². The molecule has 0 atom stereocenters. The standard InChI is InChI=1S/C21H19Cl2NO4/c1-25-16-6-8-20(18(22)10-16)27-12-14-4-3-5-15(24-14)13-28-21-9-7-17(26-2)11-19(21)23/h3-11H,12-13H2,1-2H3. The fourth-order valence-electron chi connectivity index (χ4n) is 2.44. The zero-order valence-electron chi connectivity index (χ0n) is 15.4. The first kappa shape index (κ1) is 20.1. The Bertz CT molecular complexity index is 877. The van der Waals surface area contributed by atoms with Crippen molar-refractivity contribution in [2.75, 3.05) is 14.2 Å². The van der Waals surface area contributed by atoms with E-state index >= 15 is 0 Å². The average Bonchev–Trinajstić information content (AvgIpc) is 2.72. The number of halogens is 2. The van der Waals surface area contributed by atoms with E-state index in [9.17, 15) is 0 Å². The number of pyridine rings is 1. The number of ether oxygens (including phenoxy) is 4. The molecule has 3 aromatic rings. The third kappa shape index (κ3) is 5.21. The van der Waals surface area contributed by atoms with Crippen LogP contribution in [-0.4, -0.2) is 19.2 Å². The summed E-state index contributed by atoms with van der Waals surface area (Å²) >= 11 is 12.4. The highest BCUT2D eigenvalue weighted by molar-refractivity contribution is 6.32. The van der Waals surface area contributed by atoms with Crippen molar-refractivity contribution < 1.29 is 18.9 Å². The minimum absolute atomic E-state index is 0.281. The quantitative estimate of drug-likeness (QED) is 0.477. The van der Waals surface area contributed by atoms with E-state index in [1.807, 2.05) is 18.2 Å². The summed E-state index contributed by atoms with van der Waals surface area (Å²) in [5.41, 5.74) is 1.52. The molecule has 0 spiro atoms. The molecule has 0 aliphatic rings. The molecule has 3 rings (SSSR count). The summed E-state index contributed by atoms with van der Waals surface area (Å²) in [4.78, 5) is 4.54. The monoisotopic (exact) mass is 419 g/mol. The molecule has 1 heterocycles. The second-order valence-corrected chi connectivity index (χ2v) is 6.60. The molecule has 28 heavy (non-hydrogen) atoms. The molecule has 0 N–H and O–H groups in total. The van der Waals surface area contributed by atoms with E-state index in [0.29, 0.717) is 33.0 Å².